The van der Waals surface area contributed by atoms with Crippen molar-refractivity contribution in [3.63, 3.8) is 0 Å². The van der Waals surface area contributed by atoms with Gasteiger partial charge in [-0.25, -0.2) is 0 Å². The van der Waals surface area contributed by atoms with Crippen LogP contribution in [0.1, 0.15) is 18.1 Å². The molecule has 0 bridgehead atoms. The molecule has 2 rings (SSSR count). The number of nitro groups is 1. The molecule has 29 heavy (non-hydrogen) atoms. The Kier molecular flexibility index (Phi) is 8.90. The fourth-order valence-electron chi connectivity index (χ4n) is 2.58. The Hall–Kier alpha value is -3.82. The average Bonchev–Trinajstić information content (AvgIpc) is 2.72. The van der Waals surface area contributed by atoms with E-state index < -0.39 is 4.92 Å². The number of rotatable bonds is 7. The molecule has 0 fully saturated rings. The van der Waals surface area contributed by atoms with Gasteiger partial charge >= 0.3 is 5.69 Å². The summed E-state index contributed by atoms with van der Waals surface area (Å²) in [7, 11) is 6.04. The second-order valence-electron chi connectivity index (χ2n) is 5.51. The van der Waals surface area contributed by atoms with Gasteiger partial charge in [-0.1, -0.05) is 12.1 Å². The van der Waals surface area contributed by atoms with E-state index in [0.717, 1.165) is 11.1 Å². The van der Waals surface area contributed by atoms with E-state index in [9.17, 15) is 10.1 Å². The number of ether oxygens (including phenoxy) is 4. The molecule has 0 heterocycles. The molecule has 0 spiro atoms. The smallest absolute Gasteiger partial charge is 0.311 e. The Morgan fingerprint density at radius 3 is 1.93 bits per heavy atom. The van der Waals surface area contributed by atoms with Crippen LogP contribution in [-0.2, 0) is 0 Å². The lowest BCUT2D eigenvalue weighted by molar-refractivity contribution is -0.385. The predicted molar refractivity (Wildman–Crippen MR) is 107 cm³/mol. The van der Waals surface area contributed by atoms with Crippen molar-refractivity contribution in [1.82, 2.24) is 0 Å². The summed E-state index contributed by atoms with van der Waals surface area (Å²) in [6.45, 7) is 1.90. The zero-order valence-electron chi connectivity index (χ0n) is 16.7. The van der Waals surface area contributed by atoms with Crippen molar-refractivity contribution in [3.05, 3.63) is 56.5 Å². The second-order valence-corrected chi connectivity index (χ2v) is 5.51. The molecule has 2 aromatic rings. The van der Waals surface area contributed by atoms with Crippen molar-refractivity contribution in [3.8, 4) is 23.0 Å². The van der Waals surface area contributed by atoms with Gasteiger partial charge in [-0.15, -0.1) is 4.91 Å². The Morgan fingerprint density at radius 1 is 1.00 bits per heavy atom. The summed E-state index contributed by atoms with van der Waals surface area (Å²) in [6, 6.07) is 8.45. The van der Waals surface area contributed by atoms with Crippen molar-refractivity contribution in [2.75, 3.05) is 28.4 Å². The molecule has 2 aromatic carbocycles. The highest BCUT2D eigenvalue weighted by Crippen LogP contribution is 2.40. The quantitative estimate of drug-likeness (QED) is 0.311. The molecule has 0 aliphatic heterocycles. The normalized spacial score (nSPS) is 10.3. The first-order chi connectivity index (χ1) is 13.9. The maximum absolute atomic E-state index is 11.2. The van der Waals surface area contributed by atoms with Crippen molar-refractivity contribution >= 4 is 17.3 Å². The van der Waals surface area contributed by atoms with E-state index in [1.807, 2.05) is 25.1 Å². The van der Waals surface area contributed by atoms with Gasteiger partial charge in [-0.3, -0.25) is 10.1 Å². The summed E-state index contributed by atoms with van der Waals surface area (Å²) >= 11 is 0. The number of benzene rings is 2. The van der Waals surface area contributed by atoms with E-state index >= 15 is 0 Å². The molecule has 0 aliphatic carbocycles. The van der Waals surface area contributed by atoms with E-state index in [2.05, 4.69) is 0 Å². The van der Waals surface area contributed by atoms with Gasteiger partial charge in [0.15, 0.2) is 22.6 Å². The van der Waals surface area contributed by atoms with Gasteiger partial charge in [0.1, 0.15) is 0 Å². The maximum Gasteiger partial charge on any atom is 0.311 e. The van der Waals surface area contributed by atoms with Crippen LogP contribution in [0.4, 0.5) is 5.69 Å². The Labute approximate surface area is 167 Å². The molecular formula is C19H22N2O8. The molecule has 0 atom stereocenters. The predicted octanol–water partition coefficient (Wildman–Crippen LogP) is 4.33. The molecule has 0 saturated carbocycles. The molecule has 156 valence electrons. The second kappa shape index (κ2) is 11.1. The number of hydrogen-bond acceptors (Lipinski definition) is 8. The van der Waals surface area contributed by atoms with Crippen LogP contribution in [-0.4, -0.2) is 38.6 Å². The van der Waals surface area contributed by atoms with E-state index in [0.29, 0.717) is 22.8 Å². The minimum Gasteiger partial charge on any atom is -0.493 e. The summed E-state index contributed by atoms with van der Waals surface area (Å²) in [4.78, 5) is 18.8. The Balaban J connectivity index is 0.00000132. The average molecular weight is 406 g/mol. The zero-order valence-corrected chi connectivity index (χ0v) is 16.7. The van der Waals surface area contributed by atoms with Crippen molar-refractivity contribution in [2.24, 2.45) is 5.34 Å². The summed E-state index contributed by atoms with van der Waals surface area (Å²) in [5.74, 6) is 1.80. The summed E-state index contributed by atoms with van der Waals surface area (Å²) in [5, 5.41) is 19.1. The minimum atomic E-state index is -0.467. The van der Waals surface area contributed by atoms with Crippen LogP contribution in [0.3, 0.4) is 0 Å². The molecule has 0 saturated heterocycles. The third-order valence-electron chi connectivity index (χ3n) is 3.90. The Morgan fingerprint density at radius 2 is 1.52 bits per heavy atom. The summed E-state index contributed by atoms with van der Waals surface area (Å²) in [5.41, 5.74) is 2.32. The highest BCUT2D eigenvalue weighted by Gasteiger charge is 2.16. The maximum atomic E-state index is 11.2. The standard InChI is InChI=1S/C19H21NO6.HNO2/c1-12(8-13-6-7-16(23-2)15(9-13)20(21)22)14-10-17(24-3)19(26-5)18(11-14)25-4;2-1-3/h6-11H,1-5H3;(H,2,3)/b12-8+;. The monoisotopic (exact) mass is 406 g/mol. The molecule has 0 unspecified atom stereocenters. The van der Waals surface area contributed by atoms with Crippen LogP contribution in [0.2, 0.25) is 0 Å². The van der Waals surface area contributed by atoms with Crippen LogP contribution in [0.15, 0.2) is 35.7 Å². The lowest BCUT2D eigenvalue weighted by Gasteiger charge is -2.14. The minimum absolute atomic E-state index is 0.0843. The van der Waals surface area contributed by atoms with E-state index in [1.165, 1.54) is 18.5 Å². The lowest BCUT2D eigenvalue weighted by atomic mass is 10.0. The van der Waals surface area contributed by atoms with Crippen LogP contribution in [0.25, 0.3) is 11.6 Å². The van der Waals surface area contributed by atoms with Gasteiger partial charge in [-0.05, 0) is 41.8 Å². The molecule has 0 amide bonds. The molecule has 0 aromatic heterocycles. The zero-order chi connectivity index (χ0) is 22.0. The van der Waals surface area contributed by atoms with Crippen molar-refractivity contribution < 1.29 is 29.1 Å². The topological polar surface area (TPSA) is 130 Å². The van der Waals surface area contributed by atoms with E-state index in [-0.39, 0.29) is 11.4 Å². The summed E-state index contributed by atoms with van der Waals surface area (Å²) in [6.07, 6.45) is 1.84. The largest absolute Gasteiger partial charge is 0.493 e. The number of allylic oxidation sites excluding steroid dienone is 1. The first-order valence-corrected chi connectivity index (χ1v) is 8.14. The number of methoxy groups -OCH3 is 4. The molecular weight excluding hydrogens is 384 g/mol. The Bertz CT molecular complexity index is 871. The lowest BCUT2D eigenvalue weighted by Crippen LogP contribution is -1.96. The van der Waals surface area contributed by atoms with Crippen molar-refractivity contribution in [1.29, 1.82) is 0 Å². The van der Waals surface area contributed by atoms with Gasteiger partial charge in [0.05, 0.1) is 33.4 Å². The first-order valence-electron chi connectivity index (χ1n) is 8.14. The third kappa shape index (κ3) is 5.83. The highest BCUT2D eigenvalue weighted by atomic mass is 16.6. The molecule has 1 N–H and O–H groups in total. The molecule has 0 radical (unpaired) electrons. The van der Waals surface area contributed by atoms with Crippen LogP contribution < -0.4 is 18.9 Å². The molecule has 0 aliphatic rings. The summed E-state index contributed by atoms with van der Waals surface area (Å²) < 4.78 is 21.1. The SMILES string of the molecule is COc1ccc(/C=C(\C)c2cc(OC)c(OC)c(OC)c2)cc1[N+](=O)[O-].O=NO. The number of nitro benzene ring substituents is 1. The van der Waals surface area contributed by atoms with Crippen LogP contribution >= 0.6 is 0 Å². The molecule has 10 heteroatoms. The number of nitrogens with zero attached hydrogens (tertiary/aromatic N) is 2. The van der Waals surface area contributed by atoms with Gasteiger partial charge < -0.3 is 24.2 Å². The first kappa shape index (κ1) is 23.2. The fourth-order valence-corrected chi connectivity index (χ4v) is 2.58. The van der Waals surface area contributed by atoms with Crippen molar-refractivity contribution in [2.45, 2.75) is 6.92 Å². The highest BCUT2D eigenvalue weighted by molar-refractivity contribution is 5.82. The third-order valence-corrected chi connectivity index (χ3v) is 3.90. The molecule has 10 nitrogen and oxygen atoms in total. The van der Waals surface area contributed by atoms with Gasteiger partial charge in [-0.2, -0.15) is 0 Å². The van der Waals surface area contributed by atoms with E-state index in [4.69, 9.17) is 29.1 Å². The van der Waals surface area contributed by atoms with E-state index in [1.54, 1.807) is 33.5 Å². The van der Waals surface area contributed by atoms with Gasteiger partial charge in [0.2, 0.25) is 5.75 Å². The van der Waals surface area contributed by atoms with Gasteiger partial charge in [0.25, 0.3) is 0 Å². The van der Waals surface area contributed by atoms with Crippen LogP contribution in [0, 0.1) is 15.0 Å². The number of hydrogen-bond donors (Lipinski definition) is 1. The fraction of sp³-hybridized carbons (Fsp3) is 0.263. The van der Waals surface area contributed by atoms with Crippen LogP contribution in [0.5, 0.6) is 23.0 Å². The van der Waals surface area contributed by atoms with Gasteiger partial charge in [0, 0.05) is 6.07 Å².